The van der Waals surface area contributed by atoms with Gasteiger partial charge >= 0.3 is 5.97 Å². The molecule has 6 nitrogen and oxygen atoms in total. The van der Waals surface area contributed by atoms with Crippen molar-refractivity contribution in [2.24, 2.45) is 0 Å². The van der Waals surface area contributed by atoms with E-state index in [1.54, 1.807) is 12.1 Å². The molecule has 0 aliphatic heterocycles. The summed E-state index contributed by atoms with van der Waals surface area (Å²) < 4.78 is 4.60. The largest absolute Gasteiger partial charge is 0.463 e. The number of ether oxygens (including phenoxy) is 1. The van der Waals surface area contributed by atoms with Crippen LogP contribution < -0.4 is 4.90 Å². The van der Waals surface area contributed by atoms with Crippen LogP contribution in [-0.4, -0.2) is 30.1 Å². The van der Waals surface area contributed by atoms with Gasteiger partial charge in [-0.1, -0.05) is 12.1 Å². The second kappa shape index (κ2) is 6.48. The van der Waals surface area contributed by atoms with E-state index in [1.165, 1.54) is 13.3 Å². The molecule has 2 rings (SSSR count). The van der Waals surface area contributed by atoms with Gasteiger partial charge in [-0.2, -0.15) is 5.26 Å². The Kier molecular flexibility index (Phi) is 4.46. The molecule has 1 aromatic carbocycles. The standard InChI is InChI=1S/C15H14N4O2/c1-19(10-12-5-3-4-11(8-12)9-16)13-6-7-17-14(18-13)15(20)21-2/h3-8H,10H2,1-2H3. The van der Waals surface area contributed by atoms with Crippen LogP contribution in [0.15, 0.2) is 36.5 Å². The van der Waals surface area contributed by atoms with E-state index >= 15 is 0 Å². The molecule has 1 heterocycles. The molecule has 21 heavy (non-hydrogen) atoms. The van der Waals surface area contributed by atoms with Gasteiger partial charge in [0.1, 0.15) is 5.82 Å². The van der Waals surface area contributed by atoms with Crippen LogP contribution in [0.25, 0.3) is 0 Å². The Bertz CT molecular complexity index is 694. The fourth-order valence-corrected chi connectivity index (χ4v) is 1.85. The summed E-state index contributed by atoms with van der Waals surface area (Å²) in [4.78, 5) is 21.3. The molecule has 0 amide bonds. The Balaban J connectivity index is 2.18. The van der Waals surface area contributed by atoms with Crippen molar-refractivity contribution in [1.82, 2.24) is 9.97 Å². The number of hydrogen-bond donors (Lipinski definition) is 0. The summed E-state index contributed by atoms with van der Waals surface area (Å²) in [6, 6.07) is 11.2. The van der Waals surface area contributed by atoms with Gasteiger partial charge in [0.25, 0.3) is 0 Å². The number of aromatic nitrogens is 2. The van der Waals surface area contributed by atoms with Gasteiger partial charge in [-0.15, -0.1) is 0 Å². The third-order valence-electron chi connectivity index (χ3n) is 2.88. The Hall–Kier alpha value is -2.94. The van der Waals surface area contributed by atoms with Crippen LogP contribution in [-0.2, 0) is 11.3 Å². The quantitative estimate of drug-likeness (QED) is 0.795. The molecule has 0 N–H and O–H groups in total. The summed E-state index contributed by atoms with van der Waals surface area (Å²) in [5, 5.41) is 8.90. The third-order valence-corrected chi connectivity index (χ3v) is 2.88. The zero-order chi connectivity index (χ0) is 15.2. The maximum Gasteiger partial charge on any atom is 0.376 e. The molecule has 0 atom stereocenters. The molecule has 0 saturated heterocycles. The van der Waals surface area contributed by atoms with Crippen LogP contribution >= 0.6 is 0 Å². The molecule has 0 radical (unpaired) electrons. The van der Waals surface area contributed by atoms with Gasteiger partial charge in [-0.25, -0.2) is 14.8 Å². The second-order valence-corrected chi connectivity index (χ2v) is 4.40. The highest BCUT2D eigenvalue weighted by molar-refractivity contribution is 5.85. The molecular formula is C15H14N4O2. The SMILES string of the molecule is COC(=O)c1nccc(N(C)Cc2cccc(C#N)c2)n1. The number of rotatable bonds is 4. The van der Waals surface area contributed by atoms with Crippen molar-refractivity contribution in [3.63, 3.8) is 0 Å². The van der Waals surface area contributed by atoms with E-state index in [9.17, 15) is 4.79 Å². The van der Waals surface area contributed by atoms with Gasteiger partial charge in [-0.3, -0.25) is 0 Å². The van der Waals surface area contributed by atoms with Gasteiger partial charge in [0.2, 0.25) is 5.82 Å². The number of carbonyl (C=O) groups excluding carboxylic acids is 1. The molecule has 0 fully saturated rings. The summed E-state index contributed by atoms with van der Waals surface area (Å²) in [5.41, 5.74) is 1.59. The van der Waals surface area contributed by atoms with E-state index in [0.717, 1.165) is 5.56 Å². The van der Waals surface area contributed by atoms with Crippen molar-refractivity contribution in [1.29, 1.82) is 5.26 Å². The Labute approximate surface area is 122 Å². The Morgan fingerprint density at radius 1 is 1.43 bits per heavy atom. The zero-order valence-electron chi connectivity index (χ0n) is 11.8. The summed E-state index contributed by atoms with van der Waals surface area (Å²) in [6.07, 6.45) is 1.51. The normalized spacial score (nSPS) is 9.76. The maximum absolute atomic E-state index is 11.4. The number of esters is 1. The minimum absolute atomic E-state index is 0.0209. The molecule has 0 saturated carbocycles. The lowest BCUT2D eigenvalue weighted by molar-refractivity contribution is 0.0587. The van der Waals surface area contributed by atoms with Crippen LogP contribution in [0.2, 0.25) is 0 Å². The highest BCUT2D eigenvalue weighted by atomic mass is 16.5. The minimum Gasteiger partial charge on any atom is -0.463 e. The van der Waals surface area contributed by atoms with Crippen molar-refractivity contribution in [2.75, 3.05) is 19.1 Å². The zero-order valence-corrected chi connectivity index (χ0v) is 11.8. The van der Waals surface area contributed by atoms with Crippen molar-refractivity contribution >= 4 is 11.8 Å². The Morgan fingerprint density at radius 2 is 2.24 bits per heavy atom. The lowest BCUT2D eigenvalue weighted by Gasteiger charge is -2.18. The van der Waals surface area contributed by atoms with Crippen molar-refractivity contribution in [2.45, 2.75) is 6.54 Å². The molecular weight excluding hydrogens is 268 g/mol. The topological polar surface area (TPSA) is 79.1 Å². The van der Waals surface area contributed by atoms with E-state index in [-0.39, 0.29) is 5.82 Å². The highest BCUT2D eigenvalue weighted by Gasteiger charge is 2.12. The van der Waals surface area contributed by atoms with Gasteiger partial charge in [-0.05, 0) is 23.8 Å². The number of methoxy groups -OCH3 is 1. The number of carbonyl (C=O) groups is 1. The van der Waals surface area contributed by atoms with Crippen LogP contribution in [0.3, 0.4) is 0 Å². The lowest BCUT2D eigenvalue weighted by Crippen LogP contribution is -2.19. The second-order valence-electron chi connectivity index (χ2n) is 4.40. The first-order valence-corrected chi connectivity index (χ1v) is 6.25. The van der Waals surface area contributed by atoms with Crippen molar-refractivity contribution in [3.05, 3.63) is 53.5 Å². The molecule has 6 heteroatoms. The summed E-state index contributed by atoms with van der Waals surface area (Å²) in [6.45, 7) is 0.563. The molecule has 0 aliphatic carbocycles. The molecule has 106 valence electrons. The predicted molar refractivity (Wildman–Crippen MR) is 76.6 cm³/mol. The van der Waals surface area contributed by atoms with Gasteiger partial charge in [0.15, 0.2) is 0 Å². The van der Waals surface area contributed by atoms with E-state index in [2.05, 4.69) is 20.8 Å². The lowest BCUT2D eigenvalue weighted by atomic mass is 10.1. The number of anilines is 1. The number of nitrogens with zero attached hydrogens (tertiary/aromatic N) is 4. The number of hydrogen-bond acceptors (Lipinski definition) is 6. The highest BCUT2D eigenvalue weighted by Crippen LogP contribution is 2.13. The summed E-state index contributed by atoms with van der Waals surface area (Å²) in [7, 11) is 3.14. The van der Waals surface area contributed by atoms with Crippen LogP contribution in [0.4, 0.5) is 5.82 Å². The van der Waals surface area contributed by atoms with E-state index in [0.29, 0.717) is 17.9 Å². The average molecular weight is 282 g/mol. The monoisotopic (exact) mass is 282 g/mol. The minimum atomic E-state index is -0.572. The first kappa shape index (κ1) is 14.5. The number of nitriles is 1. The summed E-state index contributed by atoms with van der Waals surface area (Å²) in [5.74, 6) is 0.0529. The van der Waals surface area contributed by atoms with Crippen LogP contribution in [0, 0.1) is 11.3 Å². The predicted octanol–water partition coefficient (Wildman–Crippen LogP) is 1.77. The van der Waals surface area contributed by atoms with E-state index in [4.69, 9.17) is 5.26 Å². The van der Waals surface area contributed by atoms with Crippen molar-refractivity contribution in [3.8, 4) is 6.07 Å². The van der Waals surface area contributed by atoms with Gasteiger partial charge in [0, 0.05) is 19.8 Å². The summed E-state index contributed by atoms with van der Waals surface area (Å²) >= 11 is 0. The molecule has 0 spiro atoms. The molecule has 0 unspecified atom stereocenters. The number of benzene rings is 1. The third kappa shape index (κ3) is 3.54. The Morgan fingerprint density at radius 3 is 2.95 bits per heavy atom. The first-order chi connectivity index (χ1) is 10.1. The van der Waals surface area contributed by atoms with Crippen LogP contribution in [0.1, 0.15) is 21.7 Å². The maximum atomic E-state index is 11.4. The van der Waals surface area contributed by atoms with Gasteiger partial charge < -0.3 is 9.64 Å². The van der Waals surface area contributed by atoms with Crippen molar-refractivity contribution < 1.29 is 9.53 Å². The fourth-order valence-electron chi connectivity index (χ4n) is 1.85. The molecule has 1 aromatic heterocycles. The van der Waals surface area contributed by atoms with Crippen LogP contribution in [0.5, 0.6) is 0 Å². The van der Waals surface area contributed by atoms with Gasteiger partial charge in [0.05, 0.1) is 18.7 Å². The smallest absolute Gasteiger partial charge is 0.376 e. The van der Waals surface area contributed by atoms with E-state index < -0.39 is 5.97 Å². The first-order valence-electron chi connectivity index (χ1n) is 6.25. The fraction of sp³-hybridized carbons (Fsp3) is 0.200. The van der Waals surface area contributed by atoms with E-state index in [1.807, 2.05) is 30.1 Å². The molecule has 0 bridgehead atoms. The molecule has 0 aliphatic rings. The average Bonchev–Trinajstić information content (AvgIpc) is 2.54. The molecule has 2 aromatic rings.